The van der Waals surface area contributed by atoms with E-state index >= 15 is 0 Å². The summed E-state index contributed by atoms with van der Waals surface area (Å²) in [5.74, 6) is 0. The minimum Gasteiger partial charge on any atom is -0.444 e. The Morgan fingerprint density at radius 1 is 1.05 bits per heavy atom. The van der Waals surface area contributed by atoms with E-state index in [0.29, 0.717) is 6.54 Å². The topological polar surface area (TPSA) is 53.0 Å². The third-order valence-corrected chi connectivity index (χ3v) is 4.54. The van der Waals surface area contributed by atoms with Gasteiger partial charge < -0.3 is 14.7 Å². The molecule has 1 saturated carbocycles. The van der Waals surface area contributed by atoms with Crippen LogP contribution >= 0.6 is 0 Å². The van der Waals surface area contributed by atoms with Crippen LogP contribution < -0.4 is 0 Å². The lowest BCUT2D eigenvalue weighted by Gasteiger charge is -2.36. The van der Waals surface area contributed by atoms with Crippen LogP contribution in [0.4, 0.5) is 4.79 Å². The average Bonchev–Trinajstić information content (AvgIpc) is 2.62. The van der Waals surface area contributed by atoms with Crippen molar-refractivity contribution in [2.45, 2.75) is 70.5 Å². The van der Waals surface area contributed by atoms with Crippen molar-refractivity contribution in [1.82, 2.24) is 9.80 Å². The monoisotopic (exact) mass is 312 g/mol. The molecule has 0 unspecified atom stereocenters. The molecule has 0 spiro atoms. The number of rotatable bonds is 2. The number of nitrogens with zero attached hydrogens (tertiary/aromatic N) is 2. The van der Waals surface area contributed by atoms with Crippen LogP contribution in [0.15, 0.2) is 0 Å². The lowest BCUT2D eigenvalue weighted by molar-refractivity contribution is -0.0255. The van der Waals surface area contributed by atoms with Gasteiger partial charge in [-0.2, -0.15) is 0 Å². The highest BCUT2D eigenvalue weighted by molar-refractivity contribution is 5.68. The summed E-state index contributed by atoms with van der Waals surface area (Å²) in [4.78, 5) is 16.3. The predicted octanol–water partition coefficient (Wildman–Crippen LogP) is 2.62. The minimum atomic E-state index is -0.515. The van der Waals surface area contributed by atoms with Gasteiger partial charge in [-0.3, -0.25) is 4.90 Å². The molecule has 2 fully saturated rings. The zero-order chi connectivity index (χ0) is 16.2. The maximum Gasteiger partial charge on any atom is 0.410 e. The number of amides is 1. The predicted molar refractivity (Wildman–Crippen MR) is 86.9 cm³/mol. The van der Waals surface area contributed by atoms with E-state index in [0.717, 1.165) is 58.3 Å². The van der Waals surface area contributed by atoms with E-state index in [4.69, 9.17) is 4.74 Å². The summed E-state index contributed by atoms with van der Waals surface area (Å²) in [5.41, 5.74) is -0.959. The van der Waals surface area contributed by atoms with Crippen molar-refractivity contribution < 1.29 is 14.6 Å². The molecular formula is C17H32N2O3. The molecule has 0 aromatic rings. The smallest absolute Gasteiger partial charge is 0.410 e. The first-order valence-corrected chi connectivity index (χ1v) is 8.70. The van der Waals surface area contributed by atoms with Crippen molar-refractivity contribution in [2.24, 2.45) is 0 Å². The first kappa shape index (κ1) is 17.5. The summed E-state index contributed by atoms with van der Waals surface area (Å²) in [7, 11) is 0. The Morgan fingerprint density at radius 2 is 1.73 bits per heavy atom. The van der Waals surface area contributed by atoms with E-state index < -0.39 is 11.2 Å². The maximum atomic E-state index is 12.2. The third kappa shape index (κ3) is 5.43. The Bertz CT molecular complexity index is 373. The number of ether oxygens (including phenoxy) is 1. The van der Waals surface area contributed by atoms with E-state index in [1.54, 1.807) is 4.90 Å². The van der Waals surface area contributed by atoms with Gasteiger partial charge in [-0.1, -0.05) is 19.3 Å². The maximum absolute atomic E-state index is 12.2. The lowest BCUT2D eigenvalue weighted by Crippen LogP contribution is -2.46. The molecule has 22 heavy (non-hydrogen) atoms. The number of carbonyl (C=O) groups excluding carboxylic acids is 1. The summed E-state index contributed by atoms with van der Waals surface area (Å²) in [6, 6.07) is 0. The second-order valence-corrected chi connectivity index (χ2v) is 7.88. The Hall–Kier alpha value is -0.810. The highest BCUT2D eigenvalue weighted by atomic mass is 16.6. The zero-order valence-electron chi connectivity index (χ0n) is 14.4. The Balaban J connectivity index is 1.83. The van der Waals surface area contributed by atoms with Gasteiger partial charge in [0, 0.05) is 32.7 Å². The van der Waals surface area contributed by atoms with Crippen molar-refractivity contribution in [2.75, 3.05) is 32.7 Å². The van der Waals surface area contributed by atoms with Gasteiger partial charge in [0.2, 0.25) is 0 Å². The van der Waals surface area contributed by atoms with E-state index in [2.05, 4.69) is 4.90 Å². The molecule has 1 aliphatic carbocycles. The molecule has 2 aliphatic rings. The molecule has 0 aromatic carbocycles. The highest BCUT2D eigenvalue weighted by Crippen LogP contribution is 2.29. The van der Waals surface area contributed by atoms with E-state index in [-0.39, 0.29) is 6.09 Å². The van der Waals surface area contributed by atoms with Gasteiger partial charge in [-0.05, 0) is 40.0 Å². The van der Waals surface area contributed by atoms with Crippen LogP contribution in [-0.2, 0) is 4.74 Å². The molecule has 0 radical (unpaired) electrons. The summed E-state index contributed by atoms with van der Waals surface area (Å²) < 4.78 is 5.46. The summed E-state index contributed by atoms with van der Waals surface area (Å²) in [5, 5.41) is 10.7. The normalized spacial score (nSPS) is 23.9. The molecule has 5 nitrogen and oxygen atoms in total. The fourth-order valence-electron chi connectivity index (χ4n) is 3.42. The number of hydrogen-bond acceptors (Lipinski definition) is 4. The number of β-amino-alcohol motifs (C(OH)–C–C–N with tert-alkyl or cyclic N) is 1. The quantitative estimate of drug-likeness (QED) is 0.851. The molecule has 1 saturated heterocycles. The Kier molecular flexibility index (Phi) is 5.72. The van der Waals surface area contributed by atoms with Crippen molar-refractivity contribution in [3.63, 3.8) is 0 Å². The van der Waals surface area contributed by atoms with Gasteiger partial charge in [0.05, 0.1) is 5.60 Å². The van der Waals surface area contributed by atoms with Crippen LogP contribution in [0.5, 0.6) is 0 Å². The third-order valence-electron chi connectivity index (χ3n) is 4.54. The van der Waals surface area contributed by atoms with E-state index in [9.17, 15) is 9.90 Å². The minimum absolute atomic E-state index is 0.217. The Morgan fingerprint density at radius 3 is 2.36 bits per heavy atom. The molecule has 0 bridgehead atoms. The van der Waals surface area contributed by atoms with Crippen molar-refractivity contribution in [3.8, 4) is 0 Å². The second kappa shape index (κ2) is 7.18. The molecule has 0 aromatic heterocycles. The van der Waals surface area contributed by atoms with Crippen LogP contribution in [0.1, 0.15) is 59.3 Å². The second-order valence-electron chi connectivity index (χ2n) is 7.88. The van der Waals surface area contributed by atoms with Crippen molar-refractivity contribution in [3.05, 3.63) is 0 Å². The number of hydrogen-bond donors (Lipinski definition) is 1. The van der Waals surface area contributed by atoms with Gasteiger partial charge >= 0.3 is 6.09 Å². The molecule has 2 rings (SSSR count). The molecule has 0 atom stereocenters. The molecule has 5 heteroatoms. The van der Waals surface area contributed by atoms with Crippen LogP contribution in [0.25, 0.3) is 0 Å². The first-order chi connectivity index (χ1) is 10.3. The first-order valence-electron chi connectivity index (χ1n) is 8.70. The Labute approximate surface area is 134 Å². The summed E-state index contributed by atoms with van der Waals surface area (Å²) >= 11 is 0. The van der Waals surface area contributed by atoms with Gasteiger partial charge in [-0.15, -0.1) is 0 Å². The van der Waals surface area contributed by atoms with Crippen LogP contribution in [0, 0.1) is 0 Å². The number of carbonyl (C=O) groups is 1. The van der Waals surface area contributed by atoms with Gasteiger partial charge in [0.15, 0.2) is 0 Å². The molecular weight excluding hydrogens is 280 g/mol. The van der Waals surface area contributed by atoms with Crippen LogP contribution in [0.3, 0.4) is 0 Å². The van der Waals surface area contributed by atoms with Crippen LogP contribution in [-0.4, -0.2) is 64.9 Å². The fourth-order valence-corrected chi connectivity index (χ4v) is 3.42. The fraction of sp³-hybridized carbons (Fsp3) is 0.941. The SMILES string of the molecule is CC(C)(C)OC(=O)N1CCCN(CC2(O)CCCCC2)CC1. The summed E-state index contributed by atoms with van der Waals surface area (Å²) in [6.07, 6.45) is 6.07. The number of aliphatic hydroxyl groups is 1. The van der Waals surface area contributed by atoms with Gasteiger partial charge in [0.1, 0.15) is 5.60 Å². The average molecular weight is 312 g/mol. The largest absolute Gasteiger partial charge is 0.444 e. The van der Waals surface area contributed by atoms with Crippen molar-refractivity contribution >= 4 is 6.09 Å². The highest BCUT2D eigenvalue weighted by Gasteiger charge is 2.32. The van der Waals surface area contributed by atoms with Crippen LogP contribution in [0.2, 0.25) is 0 Å². The standard InChI is InChI=1S/C17H32N2O3/c1-16(2,3)22-15(20)19-11-7-10-18(12-13-19)14-17(21)8-5-4-6-9-17/h21H,4-14H2,1-3H3. The lowest BCUT2D eigenvalue weighted by atomic mass is 9.84. The zero-order valence-corrected chi connectivity index (χ0v) is 14.4. The van der Waals surface area contributed by atoms with Gasteiger partial charge in [0.25, 0.3) is 0 Å². The molecule has 1 N–H and O–H groups in total. The molecule has 1 amide bonds. The summed E-state index contributed by atoms with van der Waals surface area (Å²) in [6.45, 7) is 9.63. The van der Waals surface area contributed by atoms with Gasteiger partial charge in [-0.25, -0.2) is 4.79 Å². The van der Waals surface area contributed by atoms with E-state index in [1.165, 1.54) is 6.42 Å². The molecule has 1 heterocycles. The van der Waals surface area contributed by atoms with Crippen molar-refractivity contribution in [1.29, 1.82) is 0 Å². The molecule has 128 valence electrons. The molecule has 1 aliphatic heterocycles. The van der Waals surface area contributed by atoms with E-state index in [1.807, 2.05) is 20.8 Å².